The van der Waals surface area contributed by atoms with Crippen molar-refractivity contribution in [3.05, 3.63) is 0 Å². The highest BCUT2D eigenvalue weighted by Gasteiger charge is 2.37. The predicted molar refractivity (Wildman–Crippen MR) is 56.5 cm³/mol. The van der Waals surface area contributed by atoms with Gasteiger partial charge in [-0.1, -0.05) is 6.92 Å². The Morgan fingerprint density at radius 3 is 2.87 bits per heavy atom. The maximum absolute atomic E-state index is 11.8. The molecule has 1 atom stereocenters. The van der Waals surface area contributed by atoms with Crippen LogP contribution in [0.5, 0.6) is 0 Å². The Morgan fingerprint density at radius 2 is 2.27 bits per heavy atom. The number of carbonyl (C=O) groups excluding carboxylic acids is 2. The molecule has 86 valence electrons. The van der Waals surface area contributed by atoms with E-state index in [1.54, 1.807) is 0 Å². The molecule has 1 unspecified atom stereocenters. The molecule has 0 amide bonds. The van der Waals surface area contributed by atoms with Gasteiger partial charge in [-0.05, 0) is 13.5 Å². The second kappa shape index (κ2) is 4.75. The van der Waals surface area contributed by atoms with E-state index in [0.29, 0.717) is 19.3 Å². The minimum atomic E-state index is -0.374. The molecule has 0 radical (unpaired) electrons. The Morgan fingerprint density at radius 1 is 1.60 bits per heavy atom. The minimum Gasteiger partial charge on any atom is -0.469 e. The predicted octanol–water partition coefficient (Wildman–Crippen LogP) is 0.850. The molecule has 0 aliphatic carbocycles. The van der Waals surface area contributed by atoms with Crippen molar-refractivity contribution in [2.24, 2.45) is 5.41 Å². The number of piperidine rings is 1. The number of carbonyl (C=O) groups is 2. The second-order valence-electron chi connectivity index (χ2n) is 4.55. The van der Waals surface area contributed by atoms with Gasteiger partial charge in [-0.2, -0.15) is 0 Å². The summed E-state index contributed by atoms with van der Waals surface area (Å²) in [5.74, 6) is 0.0294. The first-order valence-corrected chi connectivity index (χ1v) is 5.26. The van der Waals surface area contributed by atoms with Crippen molar-refractivity contribution in [3.8, 4) is 0 Å². The third kappa shape index (κ3) is 3.02. The van der Waals surface area contributed by atoms with E-state index < -0.39 is 0 Å². The van der Waals surface area contributed by atoms with Crippen LogP contribution in [0.1, 0.15) is 26.2 Å². The van der Waals surface area contributed by atoms with Crippen molar-refractivity contribution in [1.29, 1.82) is 0 Å². The van der Waals surface area contributed by atoms with Crippen LogP contribution in [0.3, 0.4) is 0 Å². The first-order valence-electron chi connectivity index (χ1n) is 5.26. The van der Waals surface area contributed by atoms with Gasteiger partial charge in [-0.25, -0.2) is 0 Å². The fraction of sp³-hybridized carbons (Fsp3) is 0.818. The van der Waals surface area contributed by atoms with Crippen LogP contribution in [0, 0.1) is 5.41 Å². The largest absolute Gasteiger partial charge is 0.469 e. The van der Waals surface area contributed by atoms with E-state index in [2.05, 4.69) is 9.64 Å². The van der Waals surface area contributed by atoms with Crippen LogP contribution in [0.15, 0.2) is 0 Å². The standard InChI is InChI=1S/C11H19NO3/c1-11(6-4-10(14)15-3)8-12(2)7-5-9(11)13/h4-8H2,1-3H3. The van der Waals surface area contributed by atoms with Crippen molar-refractivity contribution in [2.75, 3.05) is 27.2 Å². The zero-order valence-corrected chi connectivity index (χ0v) is 9.71. The van der Waals surface area contributed by atoms with E-state index in [0.717, 1.165) is 13.1 Å². The molecule has 0 aromatic rings. The van der Waals surface area contributed by atoms with Crippen molar-refractivity contribution < 1.29 is 14.3 Å². The van der Waals surface area contributed by atoms with E-state index in [-0.39, 0.29) is 17.2 Å². The highest BCUT2D eigenvalue weighted by Crippen LogP contribution is 2.30. The number of hydrogen-bond donors (Lipinski definition) is 0. The van der Waals surface area contributed by atoms with E-state index >= 15 is 0 Å². The minimum absolute atomic E-state index is 0.239. The summed E-state index contributed by atoms with van der Waals surface area (Å²) in [7, 11) is 3.38. The molecule has 1 fully saturated rings. The van der Waals surface area contributed by atoms with E-state index in [9.17, 15) is 9.59 Å². The molecule has 0 N–H and O–H groups in total. The molecule has 0 spiro atoms. The van der Waals surface area contributed by atoms with Gasteiger partial charge >= 0.3 is 5.97 Å². The topological polar surface area (TPSA) is 46.6 Å². The Bertz CT molecular complexity index is 265. The lowest BCUT2D eigenvalue weighted by Gasteiger charge is -2.37. The summed E-state index contributed by atoms with van der Waals surface area (Å²) >= 11 is 0. The summed E-state index contributed by atoms with van der Waals surface area (Å²) in [5.41, 5.74) is -0.374. The molecule has 1 aliphatic heterocycles. The van der Waals surface area contributed by atoms with Crippen molar-refractivity contribution >= 4 is 11.8 Å². The summed E-state index contributed by atoms with van der Waals surface area (Å²) in [5, 5.41) is 0. The number of rotatable bonds is 3. The average molecular weight is 213 g/mol. The van der Waals surface area contributed by atoms with Crippen LogP contribution < -0.4 is 0 Å². The first-order chi connectivity index (χ1) is 6.98. The fourth-order valence-electron chi connectivity index (χ4n) is 2.06. The maximum atomic E-state index is 11.8. The highest BCUT2D eigenvalue weighted by atomic mass is 16.5. The first kappa shape index (κ1) is 12.2. The molecule has 0 saturated carbocycles. The SMILES string of the molecule is COC(=O)CCC1(C)CN(C)CCC1=O. The van der Waals surface area contributed by atoms with Crippen molar-refractivity contribution in [3.63, 3.8) is 0 Å². The van der Waals surface area contributed by atoms with Gasteiger partial charge in [0.25, 0.3) is 0 Å². The number of nitrogens with zero attached hydrogens (tertiary/aromatic N) is 1. The molecule has 15 heavy (non-hydrogen) atoms. The van der Waals surface area contributed by atoms with E-state index in [1.807, 2.05) is 14.0 Å². The third-order valence-electron chi connectivity index (χ3n) is 3.12. The molecule has 0 bridgehead atoms. The summed E-state index contributed by atoms with van der Waals surface area (Å²) in [6.45, 7) is 3.50. The summed E-state index contributed by atoms with van der Waals surface area (Å²) < 4.78 is 4.58. The quantitative estimate of drug-likeness (QED) is 0.652. The van der Waals surface area contributed by atoms with Crippen LogP contribution in [-0.2, 0) is 14.3 Å². The summed E-state index contributed by atoms with van der Waals surface area (Å²) in [6.07, 6.45) is 1.50. The number of ether oxygens (including phenoxy) is 1. The second-order valence-corrected chi connectivity index (χ2v) is 4.55. The van der Waals surface area contributed by atoms with Gasteiger partial charge in [0.1, 0.15) is 5.78 Å². The lowest BCUT2D eigenvalue weighted by molar-refractivity contribution is -0.142. The molecule has 4 nitrogen and oxygen atoms in total. The molecule has 1 heterocycles. The number of likely N-dealkylation sites (tertiary alicyclic amines) is 1. The lowest BCUT2D eigenvalue weighted by atomic mass is 9.77. The normalized spacial score (nSPS) is 27.8. The Kier molecular flexibility index (Phi) is 3.85. The van der Waals surface area contributed by atoms with Gasteiger partial charge in [0, 0.05) is 31.3 Å². The summed E-state index contributed by atoms with van der Waals surface area (Å²) in [6, 6.07) is 0. The van der Waals surface area contributed by atoms with Crippen LogP contribution >= 0.6 is 0 Å². The maximum Gasteiger partial charge on any atom is 0.305 e. The van der Waals surface area contributed by atoms with Gasteiger partial charge in [0.2, 0.25) is 0 Å². The molecular formula is C11H19NO3. The Labute approximate surface area is 90.6 Å². The Hall–Kier alpha value is -0.900. The number of esters is 1. The molecule has 1 saturated heterocycles. The molecule has 0 aromatic heterocycles. The van der Waals surface area contributed by atoms with Crippen LogP contribution in [0.4, 0.5) is 0 Å². The van der Waals surface area contributed by atoms with Gasteiger partial charge in [0.15, 0.2) is 0 Å². The number of methoxy groups -OCH3 is 1. The smallest absolute Gasteiger partial charge is 0.305 e. The zero-order chi connectivity index (χ0) is 11.5. The van der Waals surface area contributed by atoms with Crippen molar-refractivity contribution in [1.82, 2.24) is 4.90 Å². The molecular weight excluding hydrogens is 194 g/mol. The van der Waals surface area contributed by atoms with E-state index in [4.69, 9.17) is 0 Å². The van der Waals surface area contributed by atoms with E-state index in [1.165, 1.54) is 7.11 Å². The molecule has 1 aliphatic rings. The number of Topliss-reactive ketones (excluding diaryl/α,β-unsaturated/α-hetero) is 1. The van der Waals surface area contributed by atoms with Gasteiger partial charge < -0.3 is 9.64 Å². The van der Waals surface area contributed by atoms with Gasteiger partial charge in [0.05, 0.1) is 7.11 Å². The fourth-order valence-corrected chi connectivity index (χ4v) is 2.06. The van der Waals surface area contributed by atoms with Crippen LogP contribution in [0.2, 0.25) is 0 Å². The van der Waals surface area contributed by atoms with Gasteiger partial charge in [-0.3, -0.25) is 9.59 Å². The summed E-state index contributed by atoms with van der Waals surface area (Å²) in [4.78, 5) is 25.0. The van der Waals surface area contributed by atoms with Crippen LogP contribution in [-0.4, -0.2) is 43.9 Å². The molecule has 4 heteroatoms. The van der Waals surface area contributed by atoms with Gasteiger partial charge in [-0.15, -0.1) is 0 Å². The number of hydrogen-bond acceptors (Lipinski definition) is 4. The highest BCUT2D eigenvalue weighted by molar-refractivity contribution is 5.86. The van der Waals surface area contributed by atoms with Crippen LogP contribution in [0.25, 0.3) is 0 Å². The average Bonchev–Trinajstić information content (AvgIpc) is 2.21. The zero-order valence-electron chi connectivity index (χ0n) is 9.71. The third-order valence-corrected chi connectivity index (χ3v) is 3.12. The number of ketones is 1. The monoisotopic (exact) mass is 213 g/mol. The lowest BCUT2D eigenvalue weighted by Crippen LogP contribution is -2.46. The van der Waals surface area contributed by atoms with Crippen molar-refractivity contribution in [2.45, 2.75) is 26.2 Å². The Balaban J connectivity index is 2.55. The molecule has 0 aromatic carbocycles. The molecule has 1 rings (SSSR count).